The highest BCUT2D eigenvalue weighted by Crippen LogP contribution is 2.09. The van der Waals surface area contributed by atoms with Crippen molar-refractivity contribution in [1.82, 2.24) is 10.2 Å². The number of rotatable bonds is 2. The Bertz CT molecular complexity index is 143. The lowest BCUT2D eigenvalue weighted by Gasteiger charge is -2.31. The van der Waals surface area contributed by atoms with E-state index >= 15 is 0 Å². The van der Waals surface area contributed by atoms with Gasteiger partial charge in [-0.15, -0.1) is 0 Å². The lowest BCUT2D eigenvalue weighted by Crippen LogP contribution is -2.47. The fourth-order valence-corrected chi connectivity index (χ4v) is 1.39. The summed E-state index contributed by atoms with van der Waals surface area (Å²) in [5.41, 5.74) is 6.17. The van der Waals surface area contributed by atoms with Crippen molar-refractivity contribution in [3.05, 3.63) is 12.3 Å². The highest BCUT2D eigenvalue weighted by molar-refractivity contribution is 7.81. The third kappa shape index (κ3) is 2.39. The third-order valence-electron chi connectivity index (χ3n) is 1.83. The summed E-state index contributed by atoms with van der Waals surface area (Å²) in [6.07, 6.45) is 0. The summed E-state index contributed by atoms with van der Waals surface area (Å²) in [5, 5.41) is 3.29. The molecular weight excluding hydrogens is 158 g/mol. The molecule has 0 aromatic heterocycles. The van der Waals surface area contributed by atoms with E-state index in [2.05, 4.69) is 29.4 Å². The summed E-state index contributed by atoms with van der Waals surface area (Å²) in [4.78, 5) is 2.21. The highest BCUT2D eigenvalue weighted by Gasteiger charge is 2.17. The third-order valence-corrected chi connectivity index (χ3v) is 2.49. The first-order valence-corrected chi connectivity index (χ1v) is 4.30. The van der Waals surface area contributed by atoms with Crippen molar-refractivity contribution < 1.29 is 0 Å². The van der Waals surface area contributed by atoms with E-state index in [4.69, 9.17) is 5.73 Å². The first-order valence-electron chi connectivity index (χ1n) is 3.79. The van der Waals surface area contributed by atoms with Gasteiger partial charge in [-0.05, 0) is 0 Å². The first-order chi connectivity index (χ1) is 5.22. The number of piperazine rings is 1. The molecule has 0 aromatic carbocycles. The van der Waals surface area contributed by atoms with Crippen molar-refractivity contribution >= 4 is 12.6 Å². The molecule has 0 saturated carbocycles. The molecule has 1 aliphatic rings. The molecule has 1 unspecified atom stereocenters. The zero-order valence-electron chi connectivity index (χ0n) is 6.58. The Balaban J connectivity index is 2.38. The van der Waals surface area contributed by atoms with E-state index < -0.39 is 0 Å². The minimum Gasteiger partial charge on any atom is -0.401 e. The zero-order chi connectivity index (χ0) is 8.27. The molecule has 0 amide bonds. The van der Waals surface area contributed by atoms with Gasteiger partial charge >= 0.3 is 0 Å². The first kappa shape index (κ1) is 8.90. The van der Waals surface area contributed by atoms with E-state index in [0.717, 1.165) is 26.2 Å². The maximum absolute atomic E-state index is 5.53. The molecular formula is C7H15N3S. The van der Waals surface area contributed by atoms with Crippen molar-refractivity contribution in [2.75, 3.05) is 26.2 Å². The Hall–Kier alpha value is -0.190. The monoisotopic (exact) mass is 173 g/mol. The van der Waals surface area contributed by atoms with Crippen LogP contribution in [0.3, 0.4) is 0 Å². The predicted octanol–water partition coefficient (Wildman–Crippen LogP) is -0.380. The van der Waals surface area contributed by atoms with E-state index in [1.165, 1.54) is 0 Å². The normalized spacial score (nSPS) is 23.0. The summed E-state index contributed by atoms with van der Waals surface area (Å²) >= 11 is 4.34. The maximum Gasteiger partial charge on any atom is 0.0925 e. The molecule has 0 aliphatic carbocycles. The molecule has 3 nitrogen and oxygen atoms in total. The molecule has 1 saturated heterocycles. The smallest absolute Gasteiger partial charge is 0.0925 e. The van der Waals surface area contributed by atoms with Gasteiger partial charge in [-0.1, -0.05) is 6.58 Å². The quantitative estimate of drug-likeness (QED) is 0.499. The molecule has 1 aliphatic heterocycles. The van der Waals surface area contributed by atoms with Crippen LogP contribution in [0.5, 0.6) is 0 Å². The Labute approximate surface area is 73.0 Å². The van der Waals surface area contributed by atoms with Gasteiger partial charge in [0.05, 0.1) is 5.37 Å². The van der Waals surface area contributed by atoms with Crippen LogP contribution in [0, 0.1) is 0 Å². The van der Waals surface area contributed by atoms with Crippen molar-refractivity contribution in [3.63, 3.8) is 0 Å². The highest BCUT2D eigenvalue weighted by atomic mass is 32.1. The Morgan fingerprint density at radius 1 is 1.55 bits per heavy atom. The number of hydrogen-bond acceptors (Lipinski definition) is 4. The topological polar surface area (TPSA) is 41.3 Å². The van der Waals surface area contributed by atoms with Crippen molar-refractivity contribution in [1.29, 1.82) is 0 Å². The van der Waals surface area contributed by atoms with Gasteiger partial charge in [-0.25, -0.2) is 0 Å². The van der Waals surface area contributed by atoms with E-state index in [9.17, 15) is 0 Å². The number of hydrogen-bond donors (Lipinski definition) is 3. The van der Waals surface area contributed by atoms with Gasteiger partial charge in [-0.2, -0.15) is 12.6 Å². The van der Waals surface area contributed by atoms with Crippen molar-refractivity contribution in [2.45, 2.75) is 5.37 Å². The van der Waals surface area contributed by atoms with Gasteiger partial charge in [0.15, 0.2) is 0 Å². The molecule has 64 valence electrons. The van der Waals surface area contributed by atoms with Crippen LogP contribution in [0.2, 0.25) is 0 Å². The van der Waals surface area contributed by atoms with Gasteiger partial charge in [0.25, 0.3) is 0 Å². The molecule has 0 radical (unpaired) electrons. The Kier molecular flexibility index (Phi) is 3.23. The minimum atomic E-state index is 0.0251. The lowest BCUT2D eigenvalue weighted by molar-refractivity contribution is 0.243. The summed E-state index contributed by atoms with van der Waals surface area (Å²) in [6, 6.07) is 0. The average Bonchev–Trinajstić information content (AvgIpc) is 2.05. The van der Waals surface area contributed by atoms with Gasteiger partial charge in [-0.3, -0.25) is 4.90 Å². The number of thiol groups is 1. The zero-order valence-corrected chi connectivity index (χ0v) is 7.48. The Morgan fingerprint density at radius 2 is 2.09 bits per heavy atom. The SMILES string of the molecule is C=C(N)C(S)N1CCNCC1. The van der Waals surface area contributed by atoms with Gasteiger partial charge in [0, 0.05) is 31.9 Å². The second-order valence-corrected chi connectivity index (χ2v) is 3.22. The molecule has 1 fully saturated rings. The lowest BCUT2D eigenvalue weighted by atomic mass is 10.3. The van der Waals surface area contributed by atoms with Crippen LogP contribution in [-0.4, -0.2) is 36.5 Å². The van der Waals surface area contributed by atoms with Crippen molar-refractivity contribution in [3.8, 4) is 0 Å². The van der Waals surface area contributed by atoms with E-state index in [-0.39, 0.29) is 5.37 Å². The molecule has 0 aromatic rings. The second kappa shape index (κ2) is 3.99. The molecule has 0 spiro atoms. The fraction of sp³-hybridized carbons (Fsp3) is 0.714. The summed E-state index contributed by atoms with van der Waals surface area (Å²) in [5.74, 6) is 0. The van der Waals surface area contributed by atoms with Crippen LogP contribution in [-0.2, 0) is 0 Å². The van der Waals surface area contributed by atoms with Gasteiger partial charge in [0.1, 0.15) is 0 Å². The molecule has 0 bridgehead atoms. The fourth-order valence-electron chi connectivity index (χ4n) is 1.16. The van der Waals surface area contributed by atoms with E-state index in [1.54, 1.807) is 0 Å². The molecule has 3 N–H and O–H groups in total. The standard InChI is InChI=1S/C7H15N3S/c1-6(8)7(11)10-4-2-9-3-5-10/h7,9,11H,1-5,8H2. The minimum absolute atomic E-state index is 0.0251. The molecule has 4 heteroatoms. The molecule has 1 heterocycles. The summed E-state index contributed by atoms with van der Waals surface area (Å²) in [7, 11) is 0. The van der Waals surface area contributed by atoms with Crippen LogP contribution in [0.15, 0.2) is 12.3 Å². The number of nitrogens with one attached hydrogen (secondary N) is 1. The largest absolute Gasteiger partial charge is 0.401 e. The maximum atomic E-state index is 5.53. The molecule has 1 rings (SSSR count). The molecule has 11 heavy (non-hydrogen) atoms. The van der Waals surface area contributed by atoms with Crippen LogP contribution in [0.1, 0.15) is 0 Å². The number of nitrogens with two attached hydrogens (primary N) is 1. The summed E-state index contributed by atoms with van der Waals surface area (Å²) < 4.78 is 0. The van der Waals surface area contributed by atoms with Crippen LogP contribution in [0.25, 0.3) is 0 Å². The average molecular weight is 173 g/mol. The van der Waals surface area contributed by atoms with Gasteiger partial charge in [0.2, 0.25) is 0 Å². The number of nitrogens with zero attached hydrogens (tertiary/aromatic N) is 1. The van der Waals surface area contributed by atoms with E-state index in [1.807, 2.05) is 0 Å². The molecule has 1 atom stereocenters. The van der Waals surface area contributed by atoms with Crippen LogP contribution in [0.4, 0.5) is 0 Å². The van der Waals surface area contributed by atoms with Crippen LogP contribution >= 0.6 is 12.6 Å². The van der Waals surface area contributed by atoms with Crippen LogP contribution < -0.4 is 11.1 Å². The summed E-state index contributed by atoms with van der Waals surface area (Å²) in [6.45, 7) is 7.71. The van der Waals surface area contributed by atoms with Gasteiger partial charge < -0.3 is 11.1 Å². The Morgan fingerprint density at radius 3 is 2.55 bits per heavy atom. The predicted molar refractivity (Wildman–Crippen MR) is 50.5 cm³/mol. The van der Waals surface area contributed by atoms with E-state index in [0.29, 0.717) is 5.70 Å². The second-order valence-electron chi connectivity index (χ2n) is 2.73. The van der Waals surface area contributed by atoms with Crippen molar-refractivity contribution in [2.24, 2.45) is 5.73 Å².